The Kier molecular flexibility index (Phi) is 6.81. The fraction of sp³-hybridized carbons (Fsp3) is 0.276. The molecular formula is C29H30N4O4. The van der Waals surface area contributed by atoms with E-state index in [4.69, 9.17) is 9.47 Å². The van der Waals surface area contributed by atoms with Crippen molar-refractivity contribution in [3.63, 3.8) is 0 Å². The third-order valence-electron chi connectivity index (χ3n) is 6.92. The van der Waals surface area contributed by atoms with Crippen LogP contribution in [0.5, 0.6) is 11.5 Å². The fourth-order valence-electron chi connectivity index (χ4n) is 5.05. The van der Waals surface area contributed by atoms with Crippen molar-refractivity contribution in [2.75, 3.05) is 26.2 Å². The molecule has 37 heavy (non-hydrogen) atoms. The van der Waals surface area contributed by atoms with Crippen molar-refractivity contribution in [1.29, 1.82) is 0 Å². The number of hydrogen-bond acceptors (Lipinski definition) is 5. The number of nitrogens with one attached hydrogen (secondary N) is 1. The molecule has 4 aromatic rings. The number of imidazole rings is 1. The minimum Gasteiger partial charge on any atom is -0.497 e. The topological polar surface area (TPSA) is 87.8 Å². The van der Waals surface area contributed by atoms with E-state index in [1.165, 1.54) is 0 Å². The zero-order valence-corrected chi connectivity index (χ0v) is 21.2. The minimum absolute atomic E-state index is 0.0185. The van der Waals surface area contributed by atoms with E-state index in [-0.39, 0.29) is 18.2 Å². The second-order valence-electron chi connectivity index (χ2n) is 9.22. The molecule has 1 fully saturated rings. The van der Waals surface area contributed by atoms with Crippen LogP contribution in [0.1, 0.15) is 30.3 Å². The molecule has 2 heterocycles. The number of anilines is 1. The van der Waals surface area contributed by atoms with Gasteiger partial charge in [-0.25, -0.2) is 4.98 Å². The van der Waals surface area contributed by atoms with Gasteiger partial charge in [0.15, 0.2) is 0 Å². The summed E-state index contributed by atoms with van der Waals surface area (Å²) in [6, 6.07) is 22.3. The number of aromatic amines is 1. The Morgan fingerprint density at radius 1 is 1.00 bits per heavy atom. The third-order valence-corrected chi connectivity index (χ3v) is 6.92. The Labute approximate surface area is 215 Å². The summed E-state index contributed by atoms with van der Waals surface area (Å²) in [5, 5.41) is 0. The highest BCUT2D eigenvalue weighted by molar-refractivity contribution is 5.97. The van der Waals surface area contributed by atoms with Gasteiger partial charge in [-0.2, -0.15) is 0 Å². The first-order chi connectivity index (χ1) is 18.0. The van der Waals surface area contributed by atoms with E-state index in [1.54, 1.807) is 31.1 Å². The number of aromatic nitrogens is 2. The first-order valence-electron chi connectivity index (χ1n) is 12.3. The number of carbonyl (C=O) groups excluding carboxylic acids is 2. The van der Waals surface area contributed by atoms with E-state index in [0.29, 0.717) is 24.5 Å². The monoisotopic (exact) mass is 498 g/mol. The molecule has 2 unspecified atom stereocenters. The van der Waals surface area contributed by atoms with Crippen LogP contribution in [0.3, 0.4) is 0 Å². The molecule has 8 heteroatoms. The van der Waals surface area contributed by atoms with Gasteiger partial charge < -0.3 is 24.3 Å². The van der Waals surface area contributed by atoms with Gasteiger partial charge in [-0.15, -0.1) is 0 Å². The number of piperidine rings is 1. The highest BCUT2D eigenvalue weighted by Gasteiger charge is 2.42. The van der Waals surface area contributed by atoms with E-state index in [2.05, 4.69) is 9.97 Å². The molecule has 0 aliphatic carbocycles. The van der Waals surface area contributed by atoms with Crippen molar-refractivity contribution in [3.8, 4) is 11.5 Å². The standard InChI is InChI=1S/C29H30N4O4/c1-32(18-26-30-24-6-4-5-7-25(24)31-26)29(35)23-16-17-27(34)33(20-10-14-22(37-3)15-11-20)28(23)19-8-12-21(36-2)13-9-19/h4-15,23,28H,16-18H2,1-3H3,(H,30,31). The van der Waals surface area contributed by atoms with E-state index >= 15 is 0 Å². The molecule has 190 valence electrons. The Morgan fingerprint density at radius 2 is 1.65 bits per heavy atom. The van der Waals surface area contributed by atoms with E-state index < -0.39 is 12.0 Å². The van der Waals surface area contributed by atoms with Crippen LogP contribution in [0.25, 0.3) is 11.0 Å². The Morgan fingerprint density at radius 3 is 2.30 bits per heavy atom. The van der Waals surface area contributed by atoms with Crippen molar-refractivity contribution in [2.24, 2.45) is 5.92 Å². The number of benzene rings is 3. The van der Waals surface area contributed by atoms with Crippen LogP contribution in [-0.2, 0) is 16.1 Å². The van der Waals surface area contributed by atoms with Crippen molar-refractivity contribution < 1.29 is 19.1 Å². The highest BCUT2D eigenvalue weighted by atomic mass is 16.5. The van der Waals surface area contributed by atoms with Crippen LogP contribution in [0.15, 0.2) is 72.8 Å². The molecule has 0 bridgehead atoms. The van der Waals surface area contributed by atoms with Crippen molar-refractivity contribution in [3.05, 3.63) is 84.2 Å². The average molecular weight is 499 g/mol. The number of nitrogens with zero attached hydrogens (tertiary/aromatic N) is 3. The van der Waals surface area contributed by atoms with Crippen LogP contribution in [-0.4, -0.2) is 47.9 Å². The average Bonchev–Trinajstić information content (AvgIpc) is 3.35. The van der Waals surface area contributed by atoms with Gasteiger partial charge in [-0.3, -0.25) is 9.59 Å². The van der Waals surface area contributed by atoms with Crippen LogP contribution in [0, 0.1) is 5.92 Å². The van der Waals surface area contributed by atoms with Crippen LogP contribution in [0.2, 0.25) is 0 Å². The number of rotatable bonds is 7. The van der Waals surface area contributed by atoms with Gasteiger partial charge in [0.25, 0.3) is 0 Å². The number of para-hydroxylation sites is 2. The summed E-state index contributed by atoms with van der Waals surface area (Å²) < 4.78 is 10.6. The number of methoxy groups -OCH3 is 2. The van der Waals surface area contributed by atoms with Crippen LogP contribution < -0.4 is 14.4 Å². The third kappa shape index (κ3) is 4.87. The zero-order chi connectivity index (χ0) is 25.9. The maximum atomic E-state index is 13.9. The summed E-state index contributed by atoms with van der Waals surface area (Å²) >= 11 is 0. The molecule has 1 saturated heterocycles. The second-order valence-corrected chi connectivity index (χ2v) is 9.22. The largest absolute Gasteiger partial charge is 0.497 e. The fourth-order valence-corrected chi connectivity index (χ4v) is 5.05. The van der Waals surface area contributed by atoms with Gasteiger partial charge in [0.05, 0.1) is 43.8 Å². The molecule has 1 N–H and O–H groups in total. The number of carbonyl (C=O) groups is 2. The van der Waals surface area contributed by atoms with Gasteiger partial charge in [-0.1, -0.05) is 24.3 Å². The lowest BCUT2D eigenvalue weighted by Crippen LogP contribution is -2.48. The number of ether oxygens (including phenoxy) is 2. The van der Waals surface area contributed by atoms with Gasteiger partial charge in [-0.05, 0) is 60.5 Å². The SMILES string of the molecule is COc1ccc(C2C(C(=O)N(C)Cc3nc4ccccc4[nH]3)CCC(=O)N2c2ccc(OC)cc2)cc1. The molecule has 2 atom stereocenters. The lowest BCUT2D eigenvalue weighted by molar-refractivity contribution is -0.137. The highest BCUT2D eigenvalue weighted by Crippen LogP contribution is 2.41. The minimum atomic E-state index is -0.467. The maximum Gasteiger partial charge on any atom is 0.228 e. The first kappa shape index (κ1) is 24.4. The van der Waals surface area contributed by atoms with Gasteiger partial charge in [0.1, 0.15) is 17.3 Å². The molecule has 1 aliphatic heterocycles. The molecule has 0 spiro atoms. The maximum absolute atomic E-state index is 13.9. The quantitative estimate of drug-likeness (QED) is 0.398. The van der Waals surface area contributed by atoms with Crippen LogP contribution >= 0.6 is 0 Å². The number of H-pyrrole nitrogens is 1. The number of hydrogen-bond donors (Lipinski definition) is 1. The van der Waals surface area contributed by atoms with Crippen molar-refractivity contribution >= 4 is 28.5 Å². The van der Waals surface area contributed by atoms with E-state index in [1.807, 2.05) is 72.8 Å². The smallest absolute Gasteiger partial charge is 0.228 e. The zero-order valence-electron chi connectivity index (χ0n) is 21.2. The normalized spacial score (nSPS) is 17.6. The first-order valence-corrected chi connectivity index (χ1v) is 12.3. The molecule has 5 rings (SSSR count). The van der Waals surface area contributed by atoms with E-state index in [9.17, 15) is 9.59 Å². The molecule has 1 aliphatic rings. The summed E-state index contributed by atoms with van der Waals surface area (Å²) in [5.74, 6) is 1.65. The van der Waals surface area contributed by atoms with Gasteiger partial charge >= 0.3 is 0 Å². The number of amides is 2. The summed E-state index contributed by atoms with van der Waals surface area (Å²) in [7, 11) is 5.00. The summed E-state index contributed by atoms with van der Waals surface area (Å²) in [4.78, 5) is 38.6. The molecule has 0 radical (unpaired) electrons. The van der Waals surface area contributed by atoms with Gasteiger partial charge in [0, 0.05) is 19.2 Å². The molecule has 1 aromatic heterocycles. The molecular weight excluding hydrogens is 468 g/mol. The summed E-state index contributed by atoms with van der Waals surface area (Å²) in [6.07, 6.45) is 0.749. The Balaban J connectivity index is 1.48. The molecule has 3 aromatic carbocycles. The predicted octanol–water partition coefficient (Wildman–Crippen LogP) is 4.72. The summed E-state index contributed by atoms with van der Waals surface area (Å²) in [5.41, 5.74) is 3.40. The van der Waals surface area contributed by atoms with Crippen molar-refractivity contribution in [1.82, 2.24) is 14.9 Å². The lowest BCUT2D eigenvalue weighted by Gasteiger charge is -2.42. The Hall–Kier alpha value is -4.33. The van der Waals surface area contributed by atoms with E-state index in [0.717, 1.165) is 28.1 Å². The van der Waals surface area contributed by atoms with Gasteiger partial charge in [0.2, 0.25) is 11.8 Å². The van der Waals surface area contributed by atoms with Crippen molar-refractivity contribution in [2.45, 2.75) is 25.4 Å². The molecule has 0 saturated carbocycles. The summed E-state index contributed by atoms with van der Waals surface area (Å²) in [6.45, 7) is 0.343. The number of fused-ring (bicyclic) bond motifs is 1. The molecule has 2 amide bonds. The predicted molar refractivity (Wildman–Crippen MR) is 142 cm³/mol. The lowest BCUT2D eigenvalue weighted by atomic mass is 9.82. The second kappa shape index (κ2) is 10.3. The molecule has 8 nitrogen and oxygen atoms in total. The Bertz CT molecular complexity index is 1360. The van der Waals surface area contributed by atoms with Crippen LogP contribution in [0.4, 0.5) is 5.69 Å².